The molecule has 1 N–H and O–H groups in total. The monoisotopic (exact) mass is 234 g/mol. The SMILES string of the molecule is O=C(c1cccc(=O)[nH]1)N1CC2CCC(C1)O2. The van der Waals surface area contributed by atoms with Crippen LogP contribution in [0.3, 0.4) is 0 Å². The van der Waals surface area contributed by atoms with E-state index < -0.39 is 0 Å². The summed E-state index contributed by atoms with van der Waals surface area (Å²) in [6.45, 7) is 1.26. The number of morpholine rings is 1. The maximum absolute atomic E-state index is 12.2. The first kappa shape index (κ1) is 10.5. The molecule has 17 heavy (non-hydrogen) atoms. The van der Waals surface area contributed by atoms with Crippen molar-refractivity contribution in [3.63, 3.8) is 0 Å². The molecule has 2 bridgehead atoms. The molecule has 5 nitrogen and oxygen atoms in total. The Balaban J connectivity index is 1.80. The highest BCUT2D eigenvalue weighted by Gasteiger charge is 2.36. The summed E-state index contributed by atoms with van der Waals surface area (Å²) in [5, 5.41) is 0. The first-order chi connectivity index (χ1) is 8.22. The Morgan fingerprint density at radius 2 is 2.00 bits per heavy atom. The molecule has 5 heteroatoms. The zero-order chi connectivity index (χ0) is 11.8. The van der Waals surface area contributed by atoms with Crippen molar-refractivity contribution >= 4 is 5.91 Å². The minimum Gasteiger partial charge on any atom is -0.371 e. The maximum atomic E-state index is 12.2. The van der Waals surface area contributed by atoms with Crippen molar-refractivity contribution in [3.05, 3.63) is 34.2 Å². The molecule has 2 unspecified atom stereocenters. The van der Waals surface area contributed by atoms with Gasteiger partial charge in [0, 0.05) is 19.2 Å². The lowest BCUT2D eigenvalue weighted by atomic mass is 10.2. The summed E-state index contributed by atoms with van der Waals surface area (Å²) in [5.74, 6) is -0.108. The van der Waals surface area contributed by atoms with Gasteiger partial charge in [-0.15, -0.1) is 0 Å². The molecule has 0 aromatic carbocycles. The Kier molecular flexibility index (Phi) is 2.48. The lowest BCUT2D eigenvalue weighted by molar-refractivity contribution is -0.0305. The minimum atomic E-state index is -0.243. The zero-order valence-corrected chi connectivity index (χ0v) is 9.39. The number of H-pyrrole nitrogens is 1. The number of aromatic nitrogens is 1. The van der Waals surface area contributed by atoms with E-state index in [9.17, 15) is 9.59 Å². The van der Waals surface area contributed by atoms with E-state index in [4.69, 9.17) is 4.74 Å². The summed E-state index contributed by atoms with van der Waals surface area (Å²) in [6.07, 6.45) is 2.40. The van der Waals surface area contributed by atoms with E-state index in [2.05, 4.69) is 4.98 Å². The van der Waals surface area contributed by atoms with Crippen LogP contribution in [0.5, 0.6) is 0 Å². The highest BCUT2D eigenvalue weighted by atomic mass is 16.5. The normalized spacial score (nSPS) is 27.2. The van der Waals surface area contributed by atoms with E-state index in [1.807, 2.05) is 0 Å². The first-order valence-corrected chi connectivity index (χ1v) is 5.86. The predicted octanol–water partition coefficient (Wildman–Crippen LogP) is 0.378. The molecule has 1 aromatic rings. The second-order valence-corrected chi connectivity index (χ2v) is 4.60. The van der Waals surface area contributed by atoms with Crippen LogP contribution in [0.15, 0.2) is 23.0 Å². The summed E-state index contributed by atoms with van der Waals surface area (Å²) >= 11 is 0. The molecule has 0 spiro atoms. The topological polar surface area (TPSA) is 62.4 Å². The number of carbonyl (C=O) groups excluding carboxylic acids is 1. The fraction of sp³-hybridized carbons (Fsp3) is 0.500. The largest absolute Gasteiger partial charge is 0.371 e. The Morgan fingerprint density at radius 3 is 2.65 bits per heavy atom. The minimum absolute atomic E-state index is 0.108. The molecule has 0 saturated carbocycles. The third-order valence-corrected chi connectivity index (χ3v) is 3.33. The standard InChI is InChI=1S/C12H14N2O3/c15-11-3-1-2-10(13-11)12(16)14-6-8-4-5-9(7-14)17-8/h1-3,8-9H,4-7H2,(H,13,15). The van der Waals surface area contributed by atoms with Gasteiger partial charge in [-0.05, 0) is 18.9 Å². The van der Waals surface area contributed by atoms with Gasteiger partial charge in [0.1, 0.15) is 5.69 Å². The van der Waals surface area contributed by atoms with Gasteiger partial charge >= 0.3 is 0 Å². The number of hydrogen-bond donors (Lipinski definition) is 1. The van der Waals surface area contributed by atoms with Crippen molar-refractivity contribution in [2.75, 3.05) is 13.1 Å². The Labute approximate surface area is 98.4 Å². The van der Waals surface area contributed by atoms with Crippen LogP contribution in [0.4, 0.5) is 0 Å². The van der Waals surface area contributed by atoms with Gasteiger partial charge in [-0.25, -0.2) is 0 Å². The molecule has 0 radical (unpaired) electrons. The van der Waals surface area contributed by atoms with Crippen molar-refractivity contribution in [2.24, 2.45) is 0 Å². The molecular formula is C12H14N2O3. The van der Waals surface area contributed by atoms with Gasteiger partial charge < -0.3 is 14.6 Å². The molecule has 90 valence electrons. The van der Waals surface area contributed by atoms with E-state index >= 15 is 0 Å². The third-order valence-electron chi connectivity index (χ3n) is 3.33. The summed E-state index contributed by atoms with van der Waals surface area (Å²) in [7, 11) is 0. The number of carbonyl (C=O) groups is 1. The molecule has 2 fully saturated rings. The number of aromatic amines is 1. The van der Waals surface area contributed by atoms with Gasteiger partial charge in [0.15, 0.2) is 0 Å². The van der Waals surface area contributed by atoms with Crippen LogP contribution in [-0.2, 0) is 4.74 Å². The second-order valence-electron chi connectivity index (χ2n) is 4.60. The number of nitrogens with one attached hydrogen (secondary N) is 1. The van der Waals surface area contributed by atoms with E-state index in [1.54, 1.807) is 17.0 Å². The number of hydrogen-bond acceptors (Lipinski definition) is 3. The van der Waals surface area contributed by atoms with Crippen molar-refractivity contribution in [3.8, 4) is 0 Å². The molecule has 2 atom stereocenters. The average molecular weight is 234 g/mol. The zero-order valence-electron chi connectivity index (χ0n) is 9.39. The average Bonchev–Trinajstić information content (AvgIpc) is 2.67. The molecule has 0 aliphatic carbocycles. The van der Waals surface area contributed by atoms with Crippen molar-refractivity contribution in [2.45, 2.75) is 25.0 Å². The van der Waals surface area contributed by atoms with Crippen LogP contribution in [0.2, 0.25) is 0 Å². The summed E-state index contributed by atoms with van der Waals surface area (Å²) in [4.78, 5) is 27.7. The molecule has 1 aromatic heterocycles. The number of likely N-dealkylation sites (tertiary alicyclic amines) is 1. The highest BCUT2D eigenvalue weighted by Crippen LogP contribution is 2.26. The fourth-order valence-electron chi connectivity index (χ4n) is 2.52. The van der Waals surface area contributed by atoms with Gasteiger partial charge in [0.05, 0.1) is 12.2 Å². The highest BCUT2D eigenvalue weighted by molar-refractivity contribution is 5.92. The van der Waals surface area contributed by atoms with E-state index in [1.165, 1.54) is 6.07 Å². The van der Waals surface area contributed by atoms with E-state index in [0.29, 0.717) is 18.8 Å². The lowest BCUT2D eigenvalue weighted by Crippen LogP contribution is -2.46. The van der Waals surface area contributed by atoms with E-state index in [0.717, 1.165) is 12.8 Å². The smallest absolute Gasteiger partial charge is 0.270 e. The molecular weight excluding hydrogens is 220 g/mol. The Hall–Kier alpha value is -1.62. The quantitative estimate of drug-likeness (QED) is 0.764. The molecule has 2 aliphatic heterocycles. The second kappa shape index (κ2) is 4.00. The van der Waals surface area contributed by atoms with Gasteiger partial charge in [-0.1, -0.05) is 6.07 Å². The van der Waals surface area contributed by atoms with Gasteiger partial charge in [-0.3, -0.25) is 9.59 Å². The fourth-order valence-corrected chi connectivity index (χ4v) is 2.52. The van der Waals surface area contributed by atoms with Crippen molar-refractivity contribution in [1.29, 1.82) is 0 Å². The van der Waals surface area contributed by atoms with Gasteiger partial charge in [-0.2, -0.15) is 0 Å². The molecule has 3 rings (SSSR count). The number of ether oxygens (including phenoxy) is 1. The van der Waals surface area contributed by atoms with Gasteiger partial charge in [0.2, 0.25) is 5.56 Å². The van der Waals surface area contributed by atoms with Crippen molar-refractivity contribution < 1.29 is 9.53 Å². The first-order valence-electron chi connectivity index (χ1n) is 5.86. The van der Waals surface area contributed by atoms with Crippen LogP contribution < -0.4 is 5.56 Å². The van der Waals surface area contributed by atoms with Crippen LogP contribution in [0, 0.1) is 0 Å². The third kappa shape index (κ3) is 1.98. The van der Waals surface area contributed by atoms with Crippen LogP contribution in [0.1, 0.15) is 23.3 Å². The van der Waals surface area contributed by atoms with Crippen LogP contribution in [-0.4, -0.2) is 41.1 Å². The van der Waals surface area contributed by atoms with Gasteiger partial charge in [0.25, 0.3) is 5.91 Å². The number of amides is 1. The van der Waals surface area contributed by atoms with Crippen LogP contribution in [0.25, 0.3) is 0 Å². The molecule has 2 saturated heterocycles. The lowest BCUT2D eigenvalue weighted by Gasteiger charge is -2.31. The maximum Gasteiger partial charge on any atom is 0.270 e. The number of fused-ring (bicyclic) bond motifs is 2. The Bertz CT molecular complexity index is 485. The number of pyridine rings is 1. The Morgan fingerprint density at radius 1 is 1.29 bits per heavy atom. The summed E-state index contributed by atoms with van der Waals surface area (Å²) in [5.41, 5.74) is 0.117. The van der Waals surface area contributed by atoms with E-state index in [-0.39, 0.29) is 23.7 Å². The summed E-state index contributed by atoms with van der Waals surface area (Å²) < 4.78 is 5.67. The van der Waals surface area contributed by atoms with Crippen molar-refractivity contribution in [1.82, 2.24) is 9.88 Å². The summed E-state index contributed by atoms with van der Waals surface area (Å²) in [6, 6.07) is 4.64. The van der Waals surface area contributed by atoms with Crippen LogP contribution >= 0.6 is 0 Å². The number of rotatable bonds is 1. The predicted molar refractivity (Wildman–Crippen MR) is 60.9 cm³/mol. The molecule has 2 aliphatic rings. The number of nitrogens with zero attached hydrogens (tertiary/aromatic N) is 1. The molecule has 3 heterocycles. The molecule has 1 amide bonds.